The summed E-state index contributed by atoms with van der Waals surface area (Å²) >= 11 is 0. The molecule has 1 aliphatic rings. The molecule has 3 rings (SSSR count). The van der Waals surface area contributed by atoms with Gasteiger partial charge in [-0.05, 0) is 55.2 Å². The second-order valence-electron chi connectivity index (χ2n) is 7.70. The van der Waals surface area contributed by atoms with Crippen LogP contribution in [0.15, 0.2) is 42.5 Å². The number of nitro benzene ring substituents is 1. The van der Waals surface area contributed by atoms with Gasteiger partial charge in [0, 0.05) is 30.4 Å². The standard InChI is InChI=1S/C22H24N4O6/c1-14-8-10-25(11-9-14)18-7-4-16(12-19(18)26(30)31)22(29)32-13-20(27)24-17-5-2-15(3-6-17)21(23)28/h2-7,12,14H,8-11,13H2,1H3,(H2,23,28)(H,24,27). The van der Waals surface area contributed by atoms with Crippen molar-refractivity contribution in [2.45, 2.75) is 19.8 Å². The SMILES string of the molecule is CC1CCN(c2ccc(C(=O)OCC(=O)Nc3ccc(C(N)=O)cc3)cc2[N+](=O)[O-])CC1. The Morgan fingerprint density at radius 2 is 1.75 bits per heavy atom. The molecule has 0 radical (unpaired) electrons. The van der Waals surface area contributed by atoms with E-state index >= 15 is 0 Å². The molecule has 0 spiro atoms. The predicted molar refractivity (Wildman–Crippen MR) is 118 cm³/mol. The monoisotopic (exact) mass is 440 g/mol. The third-order valence-electron chi connectivity index (χ3n) is 5.32. The molecule has 2 amide bonds. The molecule has 0 atom stereocenters. The van der Waals surface area contributed by atoms with E-state index in [1.807, 2.05) is 4.90 Å². The Labute approximate surface area is 184 Å². The number of nitrogens with one attached hydrogen (secondary N) is 1. The van der Waals surface area contributed by atoms with E-state index in [1.165, 1.54) is 36.4 Å². The van der Waals surface area contributed by atoms with Crippen molar-refractivity contribution in [1.29, 1.82) is 0 Å². The molecule has 2 aromatic carbocycles. The summed E-state index contributed by atoms with van der Waals surface area (Å²) in [7, 11) is 0. The van der Waals surface area contributed by atoms with Crippen molar-refractivity contribution in [2.75, 3.05) is 29.9 Å². The summed E-state index contributed by atoms with van der Waals surface area (Å²) in [4.78, 5) is 48.4. The molecule has 1 fully saturated rings. The van der Waals surface area contributed by atoms with Gasteiger partial charge in [-0.25, -0.2) is 4.79 Å². The summed E-state index contributed by atoms with van der Waals surface area (Å²) in [5.74, 6) is -1.46. The second-order valence-corrected chi connectivity index (χ2v) is 7.70. The van der Waals surface area contributed by atoms with Crippen LogP contribution in [-0.2, 0) is 9.53 Å². The Morgan fingerprint density at radius 3 is 2.34 bits per heavy atom. The van der Waals surface area contributed by atoms with Gasteiger partial charge >= 0.3 is 5.97 Å². The molecule has 3 N–H and O–H groups in total. The normalized spacial score (nSPS) is 14.0. The van der Waals surface area contributed by atoms with Crippen molar-refractivity contribution < 1.29 is 24.0 Å². The molecule has 0 aromatic heterocycles. The number of hydrogen-bond acceptors (Lipinski definition) is 7. The number of esters is 1. The van der Waals surface area contributed by atoms with Crippen molar-refractivity contribution >= 4 is 34.8 Å². The molecule has 1 saturated heterocycles. The fourth-order valence-electron chi connectivity index (χ4n) is 3.44. The molecular weight excluding hydrogens is 416 g/mol. The molecule has 2 aromatic rings. The van der Waals surface area contributed by atoms with Crippen molar-refractivity contribution in [1.82, 2.24) is 0 Å². The number of anilines is 2. The topological polar surface area (TPSA) is 145 Å². The van der Waals surface area contributed by atoms with Crippen LogP contribution in [0.5, 0.6) is 0 Å². The smallest absolute Gasteiger partial charge is 0.338 e. The maximum atomic E-state index is 12.3. The highest BCUT2D eigenvalue weighted by Gasteiger charge is 2.25. The van der Waals surface area contributed by atoms with Gasteiger partial charge in [0.25, 0.3) is 11.6 Å². The minimum absolute atomic E-state index is 0.00978. The minimum Gasteiger partial charge on any atom is -0.452 e. The molecule has 1 aliphatic heterocycles. The number of piperidine rings is 1. The number of hydrogen-bond donors (Lipinski definition) is 2. The van der Waals surface area contributed by atoms with Crippen LogP contribution >= 0.6 is 0 Å². The summed E-state index contributed by atoms with van der Waals surface area (Å²) in [5, 5.41) is 14.1. The van der Waals surface area contributed by atoms with E-state index in [0.717, 1.165) is 12.8 Å². The summed E-state index contributed by atoms with van der Waals surface area (Å²) in [6.07, 6.45) is 1.89. The van der Waals surface area contributed by atoms with Gasteiger partial charge in [-0.3, -0.25) is 19.7 Å². The molecular formula is C22H24N4O6. The summed E-state index contributed by atoms with van der Waals surface area (Å²) < 4.78 is 5.00. The van der Waals surface area contributed by atoms with Crippen molar-refractivity contribution in [2.24, 2.45) is 11.7 Å². The first kappa shape index (κ1) is 22.7. The van der Waals surface area contributed by atoms with E-state index in [0.29, 0.717) is 35.9 Å². The average Bonchev–Trinajstić information content (AvgIpc) is 2.78. The van der Waals surface area contributed by atoms with E-state index in [4.69, 9.17) is 10.5 Å². The lowest BCUT2D eigenvalue weighted by molar-refractivity contribution is -0.384. The molecule has 168 valence electrons. The molecule has 0 aliphatic carbocycles. The number of nitrogens with zero attached hydrogens (tertiary/aromatic N) is 2. The molecule has 10 heteroatoms. The summed E-state index contributed by atoms with van der Waals surface area (Å²) in [6.45, 7) is 3.01. The Hall–Kier alpha value is -3.95. The maximum Gasteiger partial charge on any atom is 0.338 e. The first-order valence-corrected chi connectivity index (χ1v) is 10.1. The molecule has 32 heavy (non-hydrogen) atoms. The van der Waals surface area contributed by atoms with Crippen molar-refractivity contribution in [3.05, 3.63) is 63.7 Å². The summed E-state index contributed by atoms with van der Waals surface area (Å²) in [5.41, 5.74) is 6.13. The molecule has 0 bridgehead atoms. The number of benzene rings is 2. The number of primary amides is 1. The van der Waals surface area contributed by atoms with Crippen molar-refractivity contribution in [3.63, 3.8) is 0 Å². The van der Waals surface area contributed by atoms with E-state index in [1.54, 1.807) is 6.07 Å². The van der Waals surface area contributed by atoms with Crippen LogP contribution in [0.3, 0.4) is 0 Å². The number of nitrogens with two attached hydrogens (primary N) is 1. The minimum atomic E-state index is -0.842. The van der Waals surface area contributed by atoms with Crippen LogP contribution < -0.4 is 16.0 Å². The van der Waals surface area contributed by atoms with Crippen LogP contribution in [0, 0.1) is 16.0 Å². The Bertz CT molecular complexity index is 1030. The quantitative estimate of drug-likeness (QED) is 0.382. The number of carbonyl (C=O) groups excluding carboxylic acids is 3. The van der Waals surface area contributed by atoms with E-state index in [9.17, 15) is 24.5 Å². The molecule has 0 unspecified atom stereocenters. The lowest BCUT2D eigenvalue weighted by Gasteiger charge is -2.31. The molecule has 0 saturated carbocycles. The lowest BCUT2D eigenvalue weighted by Crippen LogP contribution is -2.33. The van der Waals surface area contributed by atoms with Gasteiger partial charge in [0.1, 0.15) is 5.69 Å². The second kappa shape index (κ2) is 9.90. The number of ether oxygens (including phenoxy) is 1. The number of carbonyl (C=O) groups is 3. The third kappa shape index (κ3) is 5.60. The zero-order valence-electron chi connectivity index (χ0n) is 17.6. The van der Waals surface area contributed by atoms with E-state index in [-0.39, 0.29) is 11.3 Å². The van der Waals surface area contributed by atoms with Gasteiger partial charge in [0.15, 0.2) is 6.61 Å². The largest absolute Gasteiger partial charge is 0.452 e. The van der Waals surface area contributed by atoms with Crippen molar-refractivity contribution in [3.8, 4) is 0 Å². The van der Waals surface area contributed by atoms with Gasteiger partial charge in [-0.1, -0.05) is 6.92 Å². The third-order valence-corrected chi connectivity index (χ3v) is 5.32. The molecule has 1 heterocycles. The maximum absolute atomic E-state index is 12.3. The fourth-order valence-corrected chi connectivity index (χ4v) is 3.44. The zero-order chi connectivity index (χ0) is 23.3. The fraction of sp³-hybridized carbons (Fsp3) is 0.318. The van der Waals surface area contributed by atoms with E-state index in [2.05, 4.69) is 12.2 Å². The molecule has 10 nitrogen and oxygen atoms in total. The first-order chi connectivity index (χ1) is 15.2. The van der Waals surface area contributed by atoms with E-state index < -0.39 is 29.3 Å². The van der Waals surface area contributed by atoms with Crippen LogP contribution in [0.1, 0.15) is 40.5 Å². The highest BCUT2D eigenvalue weighted by Crippen LogP contribution is 2.32. The van der Waals surface area contributed by atoms with Gasteiger partial charge in [-0.15, -0.1) is 0 Å². The van der Waals surface area contributed by atoms with Gasteiger partial charge in [-0.2, -0.15) is 0 Å². The van der Waals surface area contributed by atoms with Crippen LogP contribution in [0.4, 0.5) is 17.1 Å². The van der Waals surface area contributed by atoms with Gasteiger partial charge in [0.05, 0.1) is 10.5 Å². The highest BCUT2D eigenvalue weighted by molar-refractivity contribution is 5.97. The first-order valence-electron chi connectivity index (χ1n) is 10.1. The number of rotatable bonds is 7. The Kier molecular flexibility index (Phi) is 7.04. The highest BCUT2D eigenvalue weighted by atomic mass is 16.6. The number of nitro groups is 1. The van der Waals surface area contributed by atoms with Crippen LogP contribution in [0.25, 0.3) is 0 Å². The Morgan fingerprint density at radius 1 is 1.12 bits per heavy atom. The van der Waals surface area contributed by atoms with Crippen LogP contribution in [0.2, 0.25) is 0 Å². The summed E-state index contributed by atoms with van der Waals surface area (Å²) in [6, 6.07) is 10.1. The lowest BCUT2D eigenvalue weighted by atomic mass is 9.98. The average molecular weight is 440 g/mol. The van der Waals surface area contributed by atoms with Gasteiger partial charge < -0.3 is 20.7 Å². The zero-order valence-corrected chi connectivity index (χ0v) is 17.6. The Balaban J connectivity index is 1.61. The predicted octanol–water partition coefficient (Wildman–Crippen LogP) is 2.73. The van der Waals surface area contributed by atoms with Gasteiger partial charge in [0.2, 0.25) is 5.91 Å². The van der Waals surface area contributed by atoms with Crippen LogP contribution in [-0.4, -0.2) is 42.4 Å². The number of amides is 2.